The van der Waals surface area contributed by atoms with E-state index in [1.54, 1.807) is 0 Å². The molecule has 0 aromatic carbocycles. The highest BCUT2D eigenvalue weighted by molar-refractivity contribution is 7.09. The average molecular weight is 271 g/mol. The Bertz CT molecular complexity index is 434. The van der Waals surface area contributed by atoms with E-state index in [1.807, 2.05) is 5.38 Å². The maximum Gasteiger partial charge on any atom is 0.229 e. The summed E-state index contributed by atoms with van der Waals surface area (Å²) in [5.41, 5.74) is 0.877. The Morgan fingerprint density at radius 1 is 1.59 bits per heavy atom. The minimum atomic E-state index is 0.243. The normalized spacial score (nSPS) is 26.8. The maximum atomic E-state index is 12.2. The number of likely N-dealkylation sites (tertiary alicyclic amines) is 1. The lowest BCUT2D eigenvalue weighted by Gasteiger charge is -2.26. The Morgan fingerprint density at radius 2 is 2.47 bits per heavy atom. The van der Waals surface area contributed by atoms with E-state index in [2.05, 4.69) is 9.88 Å². The van der Waals surface area contributed by atoms with Crippen LogP contribution in [0.2, 0.25) is 0 Å². The van der Waals surface area contributed by atoms with Crippen LogP contribution in [0, 0.1) is 5.92 Å². The molecule has 3 rings (SSSR count). The van der Waals surface area contributed by atoms with Crippen LogP contribution in [0.5, 0.6) is 0 Å². The van der Waals surface area contributed by atoms with Gasteiger partial charge in [-0.3, -0.25) is 4.79 Å². The van der Waals surface area contributed by atoms with Crippen molar-refractivity contribution in [2.24, 2.45) is 5.92 Å². The van der Waals surface area contributed by atoms with Gasteiger partial charge < -0.3 is 4.90 Å². The number of carbonyl (C=O) groups excluding carboxylic acids is 1. The minimum absolute atomic E-state index is 0.243. The number of thiazole rings is 1. The fraction of sp³-hybridized carbons (Fsp3) is 0.667. The van der Waals surface area contributed by atoms with Crippen LogP contribution in [0.25, 0.3) is 0 Å². The number of rotatable bonds is 3. The van der Waals surface area contributed by atoms with Gasteiger partial charge >= 0.3 is 0 Å². The molecule has 2 heterocycles. The first-order valence-corrected chi connectivity index (χ1v) is 7.46. The molecule has 1 amide bonds. The Morgan fingerprint density at radius 3 is 3.06 bits per heavy atom. The van der Waals surface area contributed by atoms with Crippen molar-refractivity contribution in [3.05, 3.63) is 16.1 Å². The highest BCUT2D eigenvalue weighted by Gasteiger charge is 2.40. The van der Waals surface area contributed by atoms with Crippen molar-refractivity contribution in [1.29, 1.82) is 0 Å². The Labute approximate surface area is 110 Å². The zero-order valence-corrected chi connectivity index (χ0v) is 11.1. The molecule has 1 saturated heterocycles. The van der Waals surface area contributed by atoms with Gasteiger partial charge in [0.2, 0.25) is 5.91 Å². The van der Waals surface area contributed by atoms with Crippen molar-refractivity contribution in [2.75, 3.05) is 6.54 Å². The molecule has 2 bridgehead atoms. The van der Waals surface area contributed by atoms with E-state index >= 15 is 0 Å². The summed E-state index contributed by atoms with van der Waals surface area (Å²) in [5, 5.41) is 2.83. The summed E-state index contributed by atoms with van der Waals surface area (Å²) in [5.74, 6) is 1.44. The van der Waals surface area contributed by atoms with Gasteiger partial charge in [0, 0.05) is 18.0 Å². The van der Waals surface area contributed by atoms with Gasteiger partial charge in [-0.15, -0.1) is 22.9 Å². The smallest absolute Gasteiger partial charge is 0.229 e. The lowest BCUT2D eigenvalue weighted by atomic mass is 10.1. The van der Waals surface area contributed by atoms with Crippen molar-refractivity contribution in [1.82, 2.24) is 9.88 Å². The molecule has 0 spiro atoms. The largest absolute Gasteiger partial charge is 0.339 e. The molecule has 2 atom stereocenters. The summed E-state index contributed by atoms with van der Waals surface area (Å²) in [6.45, 7) is 0.969. The molecule has 1 aliphatic carbocycles. The fourth-order valence-corrected chi connectivity index (χ4v) is 3.97. The molecular formula is C12H15ClN2OS. The third-order valence-corrected chi connectivity index (χ3v) is 4.94. The van der Waals surface area contributed by atoms with Gasteiger partial charge in [-0.1, -0.05) is 0 Å². The van der Waals surface area contributed by atoms with Crippen LogP contribution in [0.1, 0.15) is 30.0 Å². The highest BCUT2D eigenvalue weighted by atomic mass is 35.5. The second kappa shape index (κ2) is 4.58. The van der Waals surface area contributed by atoms with Crippen LogP contribution in [0.3, 0.4) is 0 Å². The van der Waals surface area contributed by atoms with Crippen molar-refractivity contribution in [3.8, 4) is 0 Å². The van der Waals surface area contributed by atoms with Crippen LogP contribution in [0.4, 0.5) is 0 Å². The van der Waals surface area contributed by atoms with Gasteiger partial charge in [-0.2, -0.15) is 0 Å². The lowest BCUT2D eigenvalue weighted by molar-refractivity contribution is -0.132. The van der Waals surface area contributed by atoms with E-state index < -0.39 is 0 Å². The number of carbonyl (C=O) groups is 1. The number of hydrogen-bond acceptors (Lipinski definition) is 3. The van der Waals surface area contributed by atoms with Gasteiger partial charge in [0.15, 0.2) is 0 Å². The molecule has 1 aromatic rings. The van der Waals surface area contributed by atoms with Crippen LogP contribution >= 0.6 is 22.9 Å². The minimum Gasteiger partial charge on any atom is -0.339 e. The number of aromatic nitrogens is 1. The number of nitrogens with zero attached hydrogens (tertiary/aromatic N) is 2. The second-order valence-electron chi connectivity index (χ2n) is 4.92. The molecule has 1 aliphatic heterocycles. The van der Waals surface area contributed by atoms with Gasteiger partial charge in [0.25, 0.3) is 0 Å². The average Bonchev–Trinajstić information content (AvgIpc) is 3.04. The molecule has 0 N–H and O–H groups in total. The number of hydrogen-bond donors (Lipinski definition) is 0. The van der Waals surface area contributed by atoms with Gasteiger partial charge in [0.05, 0.1) is 18.0 Å². The van der Waals surface area contributed by atoms with Crippen molar-refractivity contribution in [3.63, 3.8) is 0 Å². The Kier molecular flexibility index (Phi) is 3.09. The number of alkyl halides is 1. The molecule has 1 aromatic heterocycles. The van der Waals surface area contributed by atoms with Gasteiger partial charge in [0.1, 0.15) is 5.01 Å². The van der Waals surface area contributed by atoms with E-state index in [0.717, 1.165) is 23.2 Å². The summed E-state index contributed by atoms with van der Waals surface area (Å²) >= 11 is 7.24. The van der Waals surface area contributed by atoms with Crippen molar-refractivity contribution < 1.29 is 4.79 Å². The molecular weight excluding hydrogens is 256 g/mol. The first kappa shape index (κ1) is 11.5. The zero-order chi connectivity index (χ0) is 11.8. The molecule has 2 unspecified atom stereocenters. The molecule has 1 saturated carbocycles. The van der Waals surface area contributed by atoms with E-state index in [4.69, 9.17) is 11.6 Å². The summed E-state index contributed by atoms with van der Waals surface area (Å²) in [7, 11) is 0. The van der Waals surface area contributed by atoms with E-state index in [-0.39, 0.29) is 5.91 Å². The van der Waals surface area contributed by atoms with E-state index in [1.165, 1.54) is 30.6 Å². The van der Waals surface area contributed by atoms with E-state index in [9.17, 15) is 4.79 Å². The summed E-state index contributed by atoms with van der Waals surface area (Å²) in [6.07, 6.45) is 4.17. The van der Waals surface area contributed by atoms with Crippen LogP contribution in [-0.4, -0.2) is 28.4 Å². The van der Waals surface area contributed by atoms with Crippen LogP contribution < -0.4 is 0 Å². The third kappa shape index (κ3) is 2.20. The number of amides is 1. The van der Waals surface area contributed by atoms with Crippen molar-refractivity contribution in [2.45, 2.75) is 37.6 Å². The molecule has 92 valence electrons. The number of fused-ring (bicyclic) bond motifs is 2. The Balaban J connectivity index is 1.63. The summed E-state index contributed by atoms with van der Waals surface area (Å²) in [6, 6.07) is 0.514. The maximum absolute atomic E-state index is 12.2. The monoisotopic (exact) mass is 270 g/mol. The zero-order valence-electron chi connectivity index (χ0n) is 9.56. The van der Waals surface area contributed by atoms with Crippen molar-refractivity contribution >= 4 is 28.8 Å². The lowest BCUT2D eigenvalue weighted by Crippen LogP contribution is -2.38. The number of halogens is 1. The predicted octanol–water partition coefficient (Wildman–Crippen LogP) is 2.44. The molecule has 5 heteroatoms. The standard InChI is InChI=1S/C12H15ClN2OS/c13-5-9-7-17-11(14-9)4-12(16)15-6-8-1-2-10(15)3-8/h7-8,10H,1-6H2. The molecule has 0 radical (unpaired) electrons. The molecule has 3 nitrogen and oxygen atoms in total. The summed E-state index contributed by atoms with van der Waals surface area (Å²) in [4.78, 5) is 18.6. The predicted molar refractivity (Wildman–Crippen MR) is 68.2 cm³/mol. The highest BCUT2D eigenvalue weighted by Crippen LogP contribution is 2.37. The second-order valence-corrected chi connectivity index (χ2v) is 6.13. The first-order valence-electron chi connectivity index (χ1n) is 6.05. The fourth-order valence-electron chi connectivity index (χ4n) is 2.95. The SMILES string of the molecule is O=C(Cc1nc(CCl)cs1)N1CC2CCC1C2. The van der Waals surface area contributed by atoms with Crippen LogP contribution in [-0.2, 0) is 17.1 Å². The quantitative estimate of drug-likeness (QED) is 0.791. The molecule has 17 heavy (non-hydrogen) atoms. The van der Waals surface area contributed by atoms with Crippen LogP contribution in [0.15, 0.2) is 5.38 Å². The molecule has 2 aliphatic rings. The summed E-state index contributed by atoms with van der Waals surface area (Å²) < 4.78 is 0. The van der Waals surface area contributed by atoms with Gasteiger partial charge in [-0.25, -0.2) is 4.98 Å². The number of piperidine rings is 1. The van der Waals surface area contributed by atoms with Gasteiger partial charge in [-0.05, 0) is 25.2 Å². The topological polar surface area (TPSA) is 33.2 Å². The van der Waals surface area contributed by atoms with E-state index in [0.29, 0.717) is 18.3 Å². The molecule has 2 fully saturated rings. The first-order chi connectivity index (χ1) is 8.26. The Hall–Kier alpha value is -0.610. The third-order valence-electron chi connectivity index (χ3n) is 3.77.